The number of aromatic amines is 1. The van der Waals surface area contributed by atoms with Crippen LogP contribution < -0.4 is 16.8 Å². The molecule has 0 bridgehead atoms. The number of carbonyl (C=O) groups excluding carboxylic acids is 1. The van der Waals surface area contributed by atoms with Crippen LogP contribution in [0.25, 0.3) is 21.1 Å². The largest absolute Gasteiger partial charge is 0.397 e. The van der Waals surface area contributed by atoms with Crippen LogP contribution in [0.3, 0.4) is 0 Å². The number of aromatic nitrogens is 2. The lowest BCUT2D eigenvalue weighted by atomic mass is 10.1. The summed E-state index contributed by atoms with van der Waals surface area (Å²) in [4.78, 5) is 20.9. The van der Waals surface area contributed by atoms with Crippen molar-refractivity contribution in [2.24, 2.45) is 0 Å². The molecule has 27 heavy (non-hydrogen) atoms. The van der Waals surface area contributed by atoms with E-state index in [9.17, 15) is 4.79 Å². The Morgan fingerprint density at radius 1 is 1.30 bits per heavy atom. The van der Waals surface area contributed by atoms with Gasteiger partial charge in [-0.3, -0.25) is 4.79 Å². The number of anilines is 2. The SMILES string of the molecule is N#Cc1cc2c(N)c(C(=O)NCCc3c[nH]c4ccccc34)sc2nc1N. The lowest BCUT2D eigenvalue weighted by Gasteiger charge is -2.04. The second-order valence-corrected chi connectivity index (χ2v) is 7.10. The van der Waals surface area contributed by atoms with Gasteiger partial charge < -0.3 is 21.8 Å². The summed E-state index contributed by atoms with van der Waals surface area (Å²) in [6, 6.07) is 11.6. The molecule has 1 amide bonds. The van der Waals surface area contributed by atoms with Crippen LogP contribution in [0.5, 0.6) is 0 Å². The molecule has 6 N–H and O–H groups in total. The number of amides is 1. The van der Waals surface area contributed by atoms with E-state index in [1.165, 1.54) is 11.3 Å². The third-order valence-electron chi connectivity index (χ3n) is 4.43. The van der Waals surface area contributed by atoms with Crippen molar-refractivity contribution in [3.63, 3.8) is 0 Å². The minimum atomic E-state index is -0.257. The summed E-state index contributed by atoms with van der Waals surface area (Å²) in [6.07, 6.45) is 2.66. The number of thiophene rings is 1. The van der Waals surface area contributed by atoms with E-state index in [-0.39, 0.29) is 17.3 Å². The molecule has 4 rings (SSSR count). The Morgan fingerprint density at radius 3 is 2.93 bits per heavy atom. The molecule has 0 atom stereocenters. The molecule has 3 aromatic heterocycles. The van der Waals surface area contributed by atoms with Crippen molar-refractivity contribution in [2.75, 3.05) is 18.0 Å². The van der Waals surface area contributed by atoms with E-state index in [1.807, 2.05) is 30.5 Å². The molecule has 0 unspecified atom stereocenters. The van der Waals surface area contributed by atoms with Crippen molar-refractivity contribution in [3.05, 3.63) is 52.5 Å². The van der Waals surface area contributed by atoms with Crippen molar-refractivity contribution in [3.8, 4) is 6.07 Å². The fraction of sp³-hybridized carbons (Fsp3) is 0.105. The van der Waals surface area contributed by atoms with Gasteiger partial charge in [-0.1, -0.05) is 18.2 Å². The number of fused-ring (bicyclic) bond motifs is 2. The number of hydrogen-bond acceptors (Lipinski definition) is 6. The molecule has 0 saturated carbocycles. The molecule has 0 fully saturated rings. The Bertz CT molecular complexity index is 1220. The molecule has 1 aromatic carbocycles. The normalized spacial score (nSPS) is 10.9. The topological polar surface area (TPSA) is 134 Å². The molecule has 0 radical (unpaired) electrons. The summed E-state index contributed by atoms with van der Waals surface area (Å²) in [7, 11) is 0. The maximum absolute atomic E-state index is 12.6. The fourth-order valence-corrected chi connectivity index (χ4v) is 4.04. The number of pyridine rings is 1. The molecular weight excluding hydrogens is 360 g/mol. The lowest BCUT2D eigenvalue weighted by molar-refractivity contribution is 0.0959. The zero-order chi connectivity index (χ0) is 19.0. The zero-order valence-corrected chi connectivity index (χ0v) is 15.1. The highest BCUT2D eigenvalue weighted by molar-refractivity contribution is 7.21. The molecule has 0 spiro atoms. The number of carbonyl (C=O) groups is 1. The highest BCUT2D eigenvalue weighted by Crippen LogP contribution is 2.34. The van der Waals surface area contributed by atoms with Crippen molar-refractivity contribution < 1.29 is 4.79 Å². The van der Waals surface area contributed by atoms with Gasteiger partial charge in [-0.2, -0.15) is 5.26 Å². The van der Waals surface area contributed by atoms with E-state index in [0.29, 0.717) is 33.7 Å². The first kappa shape index (κ1) is 16.9. The van der Waals surface area contributed by atoms with Gasteiger partial charge in [0.25, 0.3) is 5.91 Å². The highest BCUT2D eigenvalue weighted by Gasteiger charge is 2.18. The van der Waals surface area contributed by atoms with Gasteiger partial charge in [-0.15, -0.1) is 11.3 Å². The number of nitrogens with two attached hydrogens (primary N) is 2. The van der Waals surface area contributed by atoms with Gasteiger partial charge in [-0.05, 0) is 24.1 Å². The van der Waals surface area contributed by atoms with E-state index in [4.69, 9.17) is 16.7 Å². The van der Waals surface area contributed by atoms with Crippen molar-refractivity contribution >= 4 is 49.9 Å². The maximum Gasteiger partial charge on any atom is 0.263 e. The van der Waals surface area contributed by atoms with E-state index >= 15 is 0 Å². The molecule has 134 valence electrons. The molecule has 7 nitrogen and oxygen atoms in total. The summed E-state index contributed by atoms with van der Waals surface area (Å²) >= 11 is 1.17. The van der Waals surface area contributed by atoms with Gasteiger partial charge in [0, 0.05) is 29.0 Å². The highest BCUT2D eigenvalue weighted by atomic mass is 32.1. The predicted octanol–water partition coefficient (Wildman–Crippen LogP) is 2.79. The summed E-state index contributed by atoms with van der Waals surface area (Å²) in [5.74, 6) is -0.120. The number of para-hydroxylation sites is 1. The van der Waals surface area contributed by atoms with Crippen molar-refractivity contribution in [2.45, 2.75) is 6.42 Å². The first-order valence-corrected chi connectivity index (χ1v) is 9.12. The van der Waals surface area contributed by atoms with Gasteiger partial charge in [0.1, 0.15) is 21.6 Å². The number of nitriles is 1. The Balaban J connectivity index is 1.51. The lowest BCUT2D eigenvalue weighted by Crippen LogP contribution is -2.25. The monoisotopic (exact) mass is 376 g/mol. The Kier molecular flexibility index (Phi) is 4.14. The van der Waals surface area contributed by atoms with Gasteiger partial charge in [0.15, 0.2) is 0 Å². The molecule has 8 heteroatoms. The number of benzene rings is 1. The Morgan fingerprint density at radius 2 is 2.11 bits per heavy atom. The molecular formula is C19H16N6OS. The van der Waals surface area contributed by atoms with E-state index < -0.39 is 0 Å². The van der Waals surface area contributed by atoms with Crippen molar-refractivity contribution in [1.82, 2.24) is 15.3 Å². The maximum atomic E-state index is 12.6. The van der Waals surface area contributed by atoms with Crippen LogP contribution in [0, 0.1) is 11.3 Å². The first-order valence-electron chi connectivity index (χ1n) is 8.30. The number of nitrogen functional groups attached to an aromatic ring is 2. The number of hydrogen-bond donors (Lipinski definition) is 4. The van der Waals surface area contributed by atoms with Crippen LogP contribution in [0.2, 0.25) is 0 Å². The zero-order valence-electron chi connectivity index (χ0n) is 14.2. The van der Waals surface area contributed by atoms with Crippen LogP contribution in [0.15, 0.2) is 36.5 Å². The molecule has 0 saturated heterocycles. The average Bonchev–Trinajstić information content (AvgIpc) is 3.22. The number of rotatable bonds is 4. The summed E-state index contributed by atoms with van der Waals surface area (Å²) < 4.78 is 0. The first-order chi connectivity index (χ1) is 13.1. The molecule has 0 aliphatic heterocycles. The third-order valence-corrected chi connectivity index (χ3v) is 5.55. The third kappa shape index (κ3) is 2.94. The van der Waals surface area contributed by atoms with Gasteiger partial charge in [-0.25, -0.2) is 4.98 Å². The quantitative estimate of drug-likeness (QED) is 0.434. The Labute approximate surface area is 158 Å². The minimum absolute atomic E-state index is 0.137. The second kappa shape index (κ2) is 6.63. The molecule has 0 aliphatic rings. The predicted molar refractivity (Wildman–Crippen MR) is 107 cm³/mol. The summed E-state index contributed by atoms with van der Waals surface area (Å²) in [6.45, 7) is 0.480. The smallest absolute Gasteiger partial charge is 0.263 e. The van der Waals surface area contributed by atoms with E-state index in [2.05, 4.69) is 21.4 Å². The van der Waals surface area contributed by atoms with Crippen LogP contribution in [0.4, 0.5) is 11.5 Å². The average molecular weight is 376 g/mol. The fourth-order valence-electron chi connectivity index (χ4n) is 3.04. The summed E-state index contributed by atoms with van der Waals surface area (Å²) in [5, 5.41) is 13.7. The van der Waals surface area contributed by atoms with Gasteiger partial charge in [0.2, 0.25) is 0 Å². The van der Waals surface area contributed by atoms with Crippen LogP contribution >= 0.6 is 11.3 Å². The van der Waals surface area contributed by atoms with Gasteiger partial charge >= 0.3 is 0 Å². The second-order valence-electron chi connectivity index (χ2n) is 6.10. The number of H-pyrrole nitrogens is 1. The number of nitrogens with zero attached hydrogens (tertiary/aromatic N) is 2. The van der Waals surface area contributed by atoms with Crippen molar-refractivity contribution in [1.29, 1.82) is 5.26 Å². The standard InChI is InChI=1S/C19H16N6OS/c20-8-11-7-13-15(21)16(27-19(13)25-17(11)22)18(26)23-6-5-10-9-24-14-4-2-1-3-12(10)14/h1-4,7,9,24H,5-6,21H2,(H2,22,25)(H,23,26). The molecule has 0 aliphatic carbocycles. The minimum Gasteiger partial charge on any atom is -0.397 e. The summed E-state index contributed by atoms with van der Waals surface area (Å²) in [5.41, 5.74) is 14.6. The Hall–Kier alpha value is -3.57. The molecule has 4 aromatic rings. The van der Waals surface area contributed by atoms with Gasteiger partial charge in [0.05, 0.1) is 11.3 Å². The van der Waals surface area contributed by atoms with Crippen LogP contribution in [0.1, 0.15) is 20.8 Å². The van der Waals surface area contributed by atoms with Crippen LogP contribution in [-0.4, -0.2) is 22.4 Å². The number of nitrogens with one attached hydrogen (secondary N) is 2. The van der Waals surface area contributed by atoms with E-state index in [1.54, 1.807) is 6.07 Å². The van der Waals surface area contributed by atoms with E-state index in [0.717, 1.165) is 16.5 Å². The molecule has 3 heterocycles. The van der Waals surface area contributed by atoms with Crippen LogP contribution in [-0.2, 0) is 6.42 Å².